The normalized spacial score (nSPS) is 14.6. The smallest absolute Gasteiger partial charge is 0.368 e. The van der Waals surface area contributed by atoms with E-state index in [0.717, 1.165) is 37.9 Å². The van der Waals surface area contributed by atoms with Crippen molar-refractivity contribution in [2.45, 2.75) is 13.1 Å². The van der Waals surface area contributed by atoms with Crippen molar-refractivity contribution < 1.29 is 13.2 Å². The number of nitrogens with zero attached hydrogens (tertiary/aromatic N) is 6. The molecule has 2 N–H and O–H groups in total. The second-order valence-electron chi connectivity index (χ2n) is 7.84. The van der Waals surface area contributed by atoms with Crippen molar-refractivity contribution in [1.82, 2.24) is 29.9 Å². The molecule has 0 saturated carbocycles. The monoisotopic (exact) mass is 488 g/mol. The van der Waals surface area contributed by atoms with Crippen LogP contribution in [-0.4, -0.2) is 50.7 Å². The number of alkyl halides is 3. The Kier molecular flexibility index (Phi) is 5.74. The van der Waals surface area contributed by atoms with Gasteiger partial charge in [-0.05, 0) is 31.2 Å². The van der Waals surface area contributed by atoms with E-state index < -0.39 is 11.7 Å². The predicted octanol–water partition coefficient (Wildman–Crippen LogP) is 4.32. The van der Waals surface area contributed by atoms with Gasteiger partial charge in [-0.3, -0.25) is 0 Å². The molecule has 176 valence electrons. The van der Waals surface area contributed by atoms with Gasteiger partial charge in [-0.1, -0.05) is 11.6 Å². The molecule has 5 rings (SSSR count). The van der Waals surface area contributed by atoms with Crippen LogP contribution in [0, 0.1) is 6.92 Å². The highest BCUT2D eigenvalue weighted by Gasteiger charge is 2.33. The molecule has 12 heteroatoms. The van der Waals surface area contributed by atoms with Crippen molar-refractivity contribution in [2.75, 3.05) is 36.4 Å². The minimum atomic E-state index is -4.47. The van der Waals surface area contributed by atoms with Crippen LogP contribution < -0.4 is 15.5 Å². The Morgan fingerprint density at radius 1 is 1.03 bits per heavy atom. The molecule has 5 heterocycles. The number of halogens is 4. The first-order chi connectivity index (χ1) is 16.3. The van der Waals surface area contributed by atoms with Crippen molar-refractivity contribution in [3.05, 3.63) is 59.1 Å². The number of fused-ring (bicyclic) bond motifs is 1. The van der Waals surface area contributed by atoms with E-state index in [1.54, 1.807) is 6.20 Å². The first kappa shape index (κ1) is 22.4. The van der Waals surface area contributed by atoms with Crippen molar-refractivity contribution in [2.24, 2.45) is 0 Å². The largest absolute Gasteiger partial charge is 0.418 e. The Morgan fingerprint density at radius 2 is 1.82 bits per heavy atom. The fourth-order valence-electron chi connectivity index (χ4n) is 3.97. The van der Waals surface area contributed by atoms with E-state index >= 15 is 0 Å². The van der Waals surface area contributed by atoms with Gasteiger partial charge in [0.15, 0.2) is 0 Å². The number of nitrogens with one attached hydrogen (secondary N) is 2. The zero-order chi connectivity index (χ0) is 23.9. The van der Waals surface area contributed by atoms with Gasteiger partial charge in [0.1, 0.15) is 5.82 Å². The Morgan fingerprint density at radius 3 is 2.53 bits per heavy atom. The van der Waals surface area contributed by atoms with Gasteiger partial charge in [0, 0.05) is 31.7 Å². The second kappa shape index (κ2) is 8.73. The third-order valence-electron chi connectivity index (χ3n) is 5.70. The van der Waals surface area contributed by atoms with Crippen molar-refractivity contribution >= 4 is 34.6 Å². The fourth-order valence-corrected chi connectivity index (χ4v) is 4.16. The zero-order valence-electron chi connectivity index (χ0n) is 18.1. The Hall–Kier alpha value is -3.44. The average molecular weight is 489 g/mol. The Labute approximate surface area is 197 Å². The van der Waals surface area contributed by atoms with E-state index in [-0.39, 0.29) is 16.7 Å². The summed E-state index contributed by atoms with van der Waals surface area (Å²) in [6.07, 6.45) is 0.195. The summed E-state index contributed by atoms with van der Waals surface area (Å²) in [5.74, 6) is 0.808. The molecule has 8 nitrogen and oxygen atoms in total. The molecule has 1 saturated heterocycles. The summed E-state index contributed by atoms with van der Waals surface area (Å²) < 4.78 is 41.0. The van der Waals surface area contributed by atoms with Crippen LogP contribution in [-0.2, 0) is 6.18 Å². The molecule has 1 aliphatic heterocycles. The topological polar surface area (TPSA) is 83.3 Å². The van der Waals surface area contributed by atoms with Gasteiger partial charge in [0.2, 0.25) is 5.95 Å². The van der Waals surface area contributed by atoms with E-state index in [0.29, 0.717) is 22.6 Å². The molecule has 4 aromatic rings. The maximum absolute atomic E-state index is 13.3. The van der Waals surface area contributed by atoms with Gasteiger partial charge in [-0.25, -0.2) is 19.5 Å². The quantitative estimate of drug-likeness (QED) is 0.442. The maximum atomic E-state index is 13.3. The van der Waals surface area contributed by atoms with Crippen molar-refractivity contribution in [1.29, 1.82) is 0 Å². The zero-order valence-corrected chi connectivity index (χ0v) is 18.8. The summed E-state index contributed by atoms with van der Waals surface area (Å²) in [6, 6.07) is 6.21. The van der Waals surface area contributed by atoms with Gasteiger partial charge < -0.3 is 15.5 Å². The number of rotatable bonds is 4. The molecular weight excluding hydrogens is 469 g/mol. The SMILES string of the molecule is Cc1c(C(F)(F)F)ccc2c(-c3nc(Nc4ccc(N5CCNCC5)cn4)ncc3Cl)cnn12. The summed E-state index contributed by atoms with van der Waals surface area (Å²) in [4.78, 5) is 15.4. The molecular formula is C22H20ClF3N8. The number of pyridine rings is 2. The van der Waals surface area contributed by atoms with E-state index in [1.807, 2.05) is 12.1 Å². The minimum Gasteiger partial charge on any atom is -0.368 e. The highest BCUT2D eigenvalue weighted by atomic mass is 35.5. The molecule has 0 unspecified atom stereocenters. The molecule has 0 spiro atoms. The predicted molar refractivity (Wildman–Crippen MR) is 124 cm³/mol. The highest BCUT2D eigenvalue weighted by Crippen LogP contribution is 2.35. The lowest BCUT2D eigenvalue weighted by molar-refractivity contribution is -0.138. The summed E-state index contributed by atoms with van der Waals surface area (Å²) in [5.41, 5.74) is 1.56. The highest BCUT2D eigenvalue weighted by molar-refractivity contribution is 6.33. The van der Waals surface area contributed by atoms with Gasteiger partial charge >= 0.3 is 6.18 Å². The molecule has 0 aliphatic carbocycles. The number of piperazine rings is 1. The molecule has 0 radical (unpaired) electrons. The number of aromatic nitrogens is 5. The number of anilines is 3. The summed E-state index contributed by atoms with van der Waals surface area (Å²) in [6.45, 7) is 5.07. The van der Waals surface area contributed by atoms with Crippen LogP contribution in [0.15, 0.2) is 42.9 Å². The summed E-state index contributed by atoms with van der Waals surface area (Å²) in [5, 5.41) is 10.8. The van der Waals surface area contributed by atoms with Crippen LogP contribution in [0.4, 0.5) is 30.6 Å². The molecule has 0 bridgehead atoms. The van der Waals surface area contributed by atoms with E-state index in [9.17, 15) is 13.2 Å². The maximum Gasteiger partial charge on any atom is 0.418 e. The number of hydrogen-bond acceptors (Lipinski definition) is 7. The molecule has 1 fully saturated rings. The van der Waals surface area contributed by atoms with Gasteiger partial charge in [0.05, 0.1) is 51.8 Å². The van der Waals surface area contributed by atoms with Crippen molar-refractivity contribution in [3.63, 3.8) is 0 Å². The van der Waals surface area contributed by atoms with Crippen LogP contribution in [0.2, 0.25) is 5.02 Å². The van der Waals surface area contributed by atoms with E-state index in [4.69, 9.17) is 11.6 Å². The molecule has 0 amide bonds. The molecule has 34 heavy (non-hydrogen) atoms. The lowest BCUT2D eigenvalue weighted by Gasteiger charge is -2.29. The molecule has 4 aromatic heterocycles. The number of hydrogen-bond donors (Lipinski definition) is 2. The summed E-state index contributed by atoms with van der Waals surface area (Å²) in [7, 11) is 0. The standard InChI is InChI=1S/C22H20ClF3N8/c1-13-16(22(24,25)26)3-4-18-15(11-30-34(13)18)20-17(23)12-29-21(32-20)31-19-5-2-14(10-28-19)33-8-6-27-7-9-33/h2-5,10-12,27H,6-9H2,1H3,(H,28,29,31,32). The van der Waals surface area contributed by atoms with Gasteiger partial charge in [0.25, 0.3) is 0 Å². The van der Waals surface area contributed by atoms with E-state index in [1.165, 1.54) is 29.9 Å². The van der Waals surface area contributed by atoms with Crippen molar-refractivity contribution in [3.8, 4) is 11.3 Å². The molecule has 0 aromatic carbocycles. The van der Waals surface area contributed by atoms with Crippen LogP contribution in [0.25, 0.3) is 16.8 Å². The van der Waals surface area contributed by atoms with Crippen LogP contribution in [0.5, 0.6) is 0 Å². The van der Waals surface area contributed by atoms with Gasteiger partial charge in [-0.2, -0.15) is 18.3 Å². The first-order valence-corrected chi connectivity index (χ1v) is 11.0. The van der Waals surface area contributed by atoms with Gasteiger partial charge in [-0.15, -0.1) is 0 Å². The average Bonchev–Trinajstić information content (AvgIpc) is 3.26. The Bertz CT molecular complexity index is 1330. The third kappa shape index (κ3) is 4.24. The second-order valence-corrected chi connectivity index (χ2v) is 8.25. The minimum absolute atomic E-state index is 0.0199. The third-order valence-corrected chi connectivity index (χ3v) is 5.97. The molecule has 0 atom stereocenters. The fraction of sp³-hybridized carbons (Fsp3) is 0.273. The Balaban J connectivity index is 1.43. The lowest BCUT2D eigenvalue weighted by atomic mass is 10.1. The number of aryl methyl sites for hydroxylation is 1. The van der Waals surface area contributed by atoms with Crippen LogP contribution in [0.3, 0.4) is 0 Å². The summed E-state index contributed by atoms with van der Waals surface area (Å²) >= 11 is 6.35. The first-order valence-electron chi connectivity index (χ1n) is 10.6. The van der Waals surface area contributed by atoms with E-state index in [2.05, 4.69) is 35.6 Å². The lowest BCUT2D eigenvalue weighted by Crippen LogP contribution is -2.43. The van der Waals surface area contributed by atoms with Crippen LogP contribution in [0.1, 0.15) is 11.3 Å². The van der Waals surface area contributed by atoms with Crippen LogP contribution >= 0.6 is 11.6 Å². The molecule has 1 aliphatic rings.